The fraction of sp³-hybridized carbons (Fsp3) is 1.00. The molecule has 136 valence electrons. The fourth-order valence-corrected chi connectivity index (χ4v) is 2.93. The molecule has 1 nitrogen and oxygen atoms in total. The number of hydrogen-bond donors (Lipinski definition) is 0. The molecular weight excluding hydrogens is 290 g/mol. The van der Waals surface area contributed by atoms with Crippen LogP contribution in [0.15, 0.2) is 0 Å². The zero-order valence-electron chi connectivity index (χ0n) is 16.0. The molecule has 0 unspecified atom stereocenters. The topological polar surface area (TPSA) is 3.24 Å². The quantitative estimate of drug-likeness (QED) is 0.272. The number of nitrogens with zero attached hydrogens (tertiary/aromatic N) is 1. The molecule has 2 heteroatoms. The third-order valence-corrected chi connectivity index (χ3v) is 4.39. The van der Waals surface area contributed by atoms with Gasteiger partial charge in [-0.1, -0.05) is 97.3 Å². The van der Waals surface area contributed by atoms with Crippen LogP contribution in [0.3, 0.4) is 0 Å². The Bertz CT molecular complexity index is 172. The molecule has 0 saturated heterocycles. The molecule has 0 heterocycles. The van der Waals surface area contributed by atoms with E-state index in [4.69, 9.17) is 0 Å². The Morgan fingerprint density at radius 3 is 1.18 bits per heavy atom. The predicted octanol–water partition coefficient (Wildman–Crippen LogP) is 7.09. The lowest BCUT2D eigenvalue weighted by atomic mass is 10.0. The predicted molar refractivity (Wildman–Crippen MR) is 105 cm³/mol. The maximum atomic E-state index is 2.34. The summed E-state index contributed by atoms with van der Waals surface area (Å²) in [5.74, 6) is 0.896. The molecule has 0 N–H and O–H groups in total. The van der Waals surface area contributed by atoms with Gasteiger partial charge in [-0.3, -0.25) is 0 Å². The summed E-state index contributed by atoms with van der Waals surface area (Å²) in [6.45, 7) is 5.93. The number of rotatable bonds is 16. The number of hydrogen-bond acceptors (Lipinski definition) is 1. The molecule has 0 saturated carbocycles. The van der Waals surface area contributed by atoms with E-state index >= 15 is 0 Å². The summed E-state index contributed by atoms with van der Waals surface area (Å²) >= 11 is 0. The van der Waals surface area contributed by atoms with Gasteiger partial charge in [-0.25, -0.2) is 0 Å². The van der Waals surface area contributed by atoms with Crippen molar-refractivity contribution in [2.24, 2.45) is 5.92 Å². The van der Waals surface area contributed by atoms with Crippen molar-refractivity contribution >= 4 is 12.4 Å². The van der Waals surface area contributed by atoms with Crippen LogP contribution in [-0.4, -0.2) is 25.5 Å². The van der Waals surface area contributed by atoms with Crippen molar-refractivity contribution in [1.82, 2.24) is 4.90 Å². The van der Waals surface area contributed by atoms with Crippen LogP contribution in [0.25, 0.3) is 0 Å². The first kappa shape index (κ1) is 24.5. The van der Waals surface area contributed by atoms with Crippen molar-refractivity contribution in [1.29, 1.82) is 0 Å². The van der Waals surface area contributed by atoms with Gasteiger partial charge in [0.15, 0.2) is 0 Å². The SMILES string of the molecule is CC(C)CCCCCCCCCCCCCCCN(C)C.Cl. The van der Waals surface area contributed by atoms with Gasteiger partial charge in [-0.2, -0.15) is 0 Å². The molecule has 0 aliphatic heterocycles. The van der Waals surface area contributed by atoms with Gasteiger partial charge in [0.25, 0.3) is 0 Å². The maximum Gasteiger partial charge on any atom is -0.00248 e. The molecule has 0 atom stereocenters. The normalized spacial score (nSPS) is 11.2. The summed E-state index contributed by atoms with van der Waals surface area (Å²) < 4.78 is 0. The molecule has 0 amide bonds. The lowest BCUT2D eigenvalue weighted by Crippen LogP contribution is -2.12. The smallest absolute Gasteiger partial charge is 0.00248 e. The maximum absolute atomic E-state index is 2.34. The zero-order chi connectivity index (χ0) is 15.8. The molecule has 0 aromatic rings. The highest BCUT2D eigenvalue weighted by molar-refractivity contribution is 5.85. The largest absolute Gasteiger partial charge is 0.309 e. The van der Waals surface area contributed by atoms with Crippen LogP contribution in [0.2, 0.25) is 0 Å². The average molecular weight is 334 g/mol. The highest BCUT2D eigenvalue weighted by Crippen LogP contribution is 2.14. The molecule has 0 spiro atoms. The molecule has 0 aliphatic carbocycles. The van der Waals surface area contributed by atoms with Crippen LogP contribution in [0.1, 0.15) is 104 Å². The summed E-state index contributed by atoms with van der Waals surface area (Å²) in [5, 5.41) is 0. The molecule has 0 aromatic heterocycles. The van der Waals surface area contributed by atoms with E-state index in [9.17, 15) is 0 Å². The second-order valence-electron chi connectivity index (χ2n) is 7.58. The van der Waals surface area contributed by atoms with E-state index in [0.29, 0.717) is 0 Å². The van der Waals surface area contributed by atoms with E-state index in [1.54, 1.807) is 0 Å². The third kappa shape index (κ3) is 22.5. The van der Waals surface area contributed by atoms with E-state index in [1.165, 1.54) is 96.4 Å². The molecular formula is C20H44ClN. The zero-order valence-corrected chi connectivity index (χ0v) is 16.9. The Kier molecular flexibility index (Phi) is 21.5. The van der Waals surface area contributed by atoms with E-state index in [1.807, 2.05) is 0 Å². The Morgan fingerprint density at radius 2 is 0.864 bits per heavy atom. The second-order valence-corrected chi connectivity index (χ2v) is 7.58. The third-order valence-electron chi connectivity index (χ3n) is 4.39. The van der Waals surface area contributed by atoms with Crippen molar-refractivity contribution in [3.05, 3.63) is 0 Å². The van der Waals surface area contributed by atoms with Gasteiger partial charge in [0, 0.05) is 0 Å². The van der Waals surface area contributed by atoms with Crippen LogP contribution in [0.5, 0.6) is 0 Å². The number of unbranched alkanes of at least 4 members (excludes halogenated alkanes) is 12. The molecule has 0 aromatic carbocycles. The van der Waals surface area contributed by atoms with Gasteiger partial charge >= 0.3 is 0 Å². The van der Waals surface area contributed by atoms with Gasteiger partial charge < -0.3 is 4.90 Å². The summed E-state index contributed by atoms with van der Waals surface area (Å²) in [4.78, 5) is 2.29. The van der Waals surface area contributed by atoms with Crippen LogP contribution in [-0.2, 0) is 0 Å². The van der Waals surface area contributed by atoms with Gasteiger partial charge in [0.1, 0.15) is 0 Å². The standard InChI is InChI=1S/C20H43N.ClH/c1-20(2)18-16-14-12-10-8-6-5-7-9-11-13-15-17-19-21(3)4;/h20H,5-19H2,1-4H3;1H. The van der Waals surface area contributed by atoms with Crippen molar-refractivity contribution in [3.63, 3.8) is 0 Å². The highest BCUT2D eigenvalue weighted by atomic mass is 35.5. The van der Waals surface area contributed by atoms with Gasteiger partial charge in [-0.05, 0) is 33.0 Å². The van der Waals surface area contributed by atoms with E-state index in [0.717, 1.165) is 5.92 Å². The molecule has 0 bridgehead atoms. The number of halogens is 1. The van der Waals surface area contributed by atoms with E-state index < -0.39 is 0 Å². The van der Waals surface area contributed by atoms with E-state index in [2.05, 4.69) is 32.8 Å². The van der Waals surface area contributed by atoms with Crippen LogP contribution in [0, 0.1) is 5.92 Å². The average Bonchev–Trinajstić information content (AvgIpc) is 2.42. The first-order valence-electron chi connectivity index (χ1n) is 9.77. The van der Waals surface area contributed by atoms with Gasteiger partial charge in [0.2, 0.25) is 0 Å². The minimum Gasteiger partial charge on any atom is -0.309 e. The lowest BCUT2D eigenvalue weighted by Gasteiger charge is -2.08. The molecule has 0 radical (unpaired) electrons. The minimum atomic E-state index is 0. The summed E-state index contributed by atoms with van der Waals surface area (Å²) in [7, 11) is 4.34. The Labute approximate surface area is 148 Å². The Morgan fingerprint density at radius 1 is 0.545 bits per heavy atom. The molecule has 0 rings (SSSR count). The monoisotopic (exact) mass is 333 g/mol. The molecule has 0 aliphatic rings. The van der Waals surface area contributed by atoms with Crippen LogP contribution < -0.4 is 0 Å². The fourth-order valence-electron chi connectivity index (χ4n) is 2.93. The Balaban J connectivity index is 0. The summed E-state index contributed by atoms with van der Waals surface area (Å²) in [5.41, 5.74) is 0. The molecule has 0 fully saturated rings. The summed E-state index contributed by atoms with van der Waals surface area (Å²) in [6, 6.07) is 0. The first-order valence-corrected chi connectivity index (χ1v) is 9.77. The van der Waals surface area contributed by atoms with Crippen LogP contribution >= 0.6 is 12.4 Å². The van der Waals surface area contributed by atoms with Gasteiger partial charge in [0.05, 0.1) is 0 Å². The van der Waals surface area contributed by atoms with Gasteiger partial charge in [-0.15, -0.1) is 12.4 Å². The van der Waals surface area contributed by atoms with Crippen molar-refractivity contribution in [2.75, 3.05) is 20.6 Å². The summed E-state index contributed by atoms with van der Waals surface area (Å²) in [6.07, 6.45) is 20.4. The van der Waals surface area contributed by atoms with Crippen LogP contribution in [0.4, 0.5) is 0 Å². The minimum absolute atomic E-state index is 0. The van der Waals surface area contributed by atoms with Crippen molar-refractivity contribution in [3.8, 4) is 0 Å². The van der Waals surface area contributed by atoms with Crippen molar-refractivity contribution in [2.45, 2.75) is 104 Å². The van der Waals surface area contributed by atoms with Crippen molar-refractivity contribution < 1.29 is 0 Å². The highest BCUT2D eigenvalue weighted by Gasteiger charge is 1.96. The Hall–Kier alpha value is 0.250. The second kappa shape index (κ2) is 19.3. The molecule has 22 heavy (non-hydrogen) atoms. The first-order chi connectivity index (χ1) is 10.1. The van der Waals surface area contributed by atoms with E-state index in [-0.39, 0.29) is 12.4 Å². The lowest BCUT2D eigenvalue weighted by molar-refractivity contribution is 0.389.